The van der Waals surface area contributed by atoms with Crippen LogP contribution in [0.1, 0.15) is 32.0 Å². The molecule has 0 unspecified atom stereocenters. The standard InChI is InChI=1S/C23H20N4O3S2/c1-13-6-4-5-7-17(13)21(29)27-22-25-18(12-31-22)19-14(2)24-23(32-19)26-20(28)15-8-10-16(30-3)11-9-15/h4-12H,1-3H3,(H,24,26,28)(H,25,27,29). The van der Waals surface area contributed by atoms with Crippen LogP contribution in [0.25, 0.3) is 10.6 Å². The van der Waals surface area contributed by atoms with Gasteiger partial charge in [0.05, 0.1) is 23.4 Å². The number of thiazole rings is 2. The maximum absolute atomic E-state index is 12.5. The number of aryl methyl sites for hydroxylation is 2. The lowest BCUT2D eigenvalue weighted by Crippen LogP contribution is -2.12. The minimum Gasteiger partial charge on any atom is -0.497 e. The number of carbonyl (C=O) groups excluding carboxylic acids is 2. The average molecular weight is 465 g/mol. The van der Waals surface area contributed by atoms with Gasteiger partial charge in [-0.25, -0.2) is 9.97 Å². The number of carbonyl (C=O) groups is 2. The highest BCUT2D eigenvalue weighted by atomic mass is 32.1. The van der Waals surface area contributed by atoms with Crippen molar-refractivity contribution in [3.8, 4) is 16.3 Å². The molecule has 0 aliphatic carbocycles. The van der Waals surface area contributed by atoms with Crippen LogP contribution in [0.3, 0.4) is 0 Å². The Hall–Kier alpha value is -3.56. The van der Waals surface area contributed by atoms with Crippen molar-refractivity contribution in [3.63, 3.8) is 0 Å². The second kappa shape index (κ2) is 9.29. The molecule has 2 aromatic heterocycles. The first kappa shape index (κ1) is 21.7. The summed E-state index contributed by atoms with van der Waals surface area (Å²) in [5.41, 5.74) is 3.48. The van der Waals surface area contributed by atoms with Crippen molar-refractivity contribution >= 4 is 44.8 Å². The Morgan fingerprint density at radius 2 is 1.62 bits per heavy atom. The van der Waals surface area contributed by atoms with Crippen molar-refractivity contribution in [2.45, 2.75) is 13.8 Å². The number of aromatic nitrogens is 2. The van der Waals surface area contributed by atoms with Crippen LogP contribution in [0.4, 0.5) is 10.3 Å². The van der Waals surface area contributed by atoms with Gasteiger partial charge >= 0.3 is 0 Å². The van der Waals surface area contributed by atoms with E-state index < -0.39 is 0 Å². The number of anilines is 2. The molecule has 7 nitrogen and oxygen atoms in total. The van der Waals surface area contributed by atoms with Gasteiger partial charge in [0.25, 0.3) is 11.8 Å². The number of ether oxygens (including phenoxy) is 1. The second-order valence-corrected chi connectivity index (χ2v) is 8.78. The van der Waals surface area contributed by atoms with E-state index in [4.69, 9.17) is 4.74 Å². The number of nitrogens with one attached hydrogen (secondary N) is 2. The smallest absolute Gasteiger partial charge is 0.257 e. The first-order valence-corrected chi connectivity index (χ1v) is 11.4. The van der Waals surface area contributed by atoms with Crippen molar-refractivity contribution in [3.05, 3.63) is 76.3 Å². The fourth-order valence-corrected chi connectivity index (χ4v) is 4.72. The molecule has 0 aliphatic heterocycles. The van der Waals surface area contributed by atoms with E-state index in [0.29, 0.717) is 32.8 Å². The van der Waals surface area contributed by atoms with Crippen LogP contribution < -0.4 is 15.4 Å². The van der Waals surface area contributed by atoms with E-state index in [1.165, 1.54) is 22.7 Å². The predicted octanol–water partition coefficient (Wildman–Crippen LogP) is 5.40. The molecule has 4 aromatic rings. The zero-order chi connectivity index (χ0) is 22.7. The zero-order valence-corrected chi connectivity index (χ0v) is 19.3. The van der Waals surface area contributed by atoms with Crippen LogP contribution in [-0.2, 0) is 0 Å². The molecule has 2 heterocycles. The molecule has 9 heteroatoms. The Morgan fingerprint density at radius 3 is 2.34 bits per heavy atom. The minimum atomic E-state index is -0.252. The summed E-state index contributed by atoms with van der Waals surface area (Å²) in [6, 6.07) is 14.3. The summed E-state index contributed by atoms with van der Waals surface area (Å²) in [7, 11) is 1.58. The topological polar surface area (TPSA) is 93.2 Å². The number of methoxy groups -OCH3 is 1. The van der Waals surface area contributed by atoms with Crippen molar-refractivity contribution in [1.82, 2.24) is 9.97 Å². The second-order valence-electron chi connectivity index (χ2n) is 6.92. The van der Waals surface area contributed by atoms with E-state index in [9.17, 15) is 9.59 Å². The summed E-state index contributed by atoms with van der Waals surface area (Å²) in [5.74, 6) is 0.234. The number of nitrogens with zero attached hydrogens (tertiary/aromatic N) is 2. The fraction of sp³-hybridized carbons (Fsp3) is 0.130. The molecule has 162 valence electrons. The lowest BCUT2D eigenvalue weighted by Gasteiger charge is -2.04. The lowest BCUT2D eigenvalue weighted by molar-refractivity contribution is 0.101. The molecule has 0 spiro atoms. The molecule has 2 N–H and O–H groups in total. The van der Waals surface area contributed by atoms with Crippen molar-refractivity contribution in [2.75, 3.05) is 17.7 Å². The molecule has 4 rings (SSSR count). The first-order chi connectivity index (χ1) is 15.4. The molecule has 0 radical (unpaired) electrons. The molecule has 32 heavy (non-hydrogen) atoms. The van der Waals surface area contributed by atoms with Gasteiger partial charge in [-0.05, 0) is 49.7 Å². The van der Waals surface area contributed by atoms with Gasteiger partial charge in [-0.15, -0.1) is 11.3 Å². The van der Waals surface area contributed by atoms with E-state index in [-0.39, 0.29) is 11.8 Å². The largest absolute Gasteiger partial charge is 0.497 e. The van der Waals surface area contributed by atoms with Crippen LogP contribution in [0.5, 0.6) is 5.75 Å². The Morgan fingerprint density at radius 1 is 0.906 bits per heavy atom. The maximum atomic E-state index is 12.5. The Kier molecular flexibility index (Phi) is 6.29. The van der Waals surface area contributed by atoms with Gasteiger partial charge in [0.2, 0.25) is 0 Å². The predicted molar refractivity (Wildman–Crippen MR) is 128 cm³/mol. The van der Waals surface area contributed by atoms with E-state index in [2.05, 4.69) is 20.6 Å². The third-order valence-corrected chi connectivity index (χ3v) is 6.57. The third-order valence-electron chi connectivity index (χ3n) is 4.72. The minimum absolute atomic E-state index is 0.197. The maximum Gasteiger partial charge on any atom is 0.257 e. The van der Waals surface area contributed by atoms with Gasteiger partial charge in [-0.1, -0.05) is 29.5 Å². The van der Waals surface area contributed by atoms with Gasteiger partial charge in [0.1, 0.15) is 5.75 Å². The van der Waals surface area contributed by atoms with Crippen LogP contribution in [-0.4, -0.2) is 28.9 Å². The van der Waals surface area contributed by atoms with Crippen LogP contribution in [0.15, 0.2) is 53.9 Å². The van der Waals surface area contributed by atoms with Gasteiger partial charge in [-0.3, -0.25) is 20.2 Å². The number of benzene rings is 2. The number of rotatable bonds is 6. The molecular weight excluding hydrogens is 444 g/mol. The van der Waals surface area contributed by atoms with Crippen molar-refractivity contribution < 1.29 is 14.3 Å². The Labute approximate surface area is 193 Å². The first-order valence-electron chi connectivity index (χ1n) is 9.70. The molecule has 0 saturated carbocycles. The van der Waals surface area contributed by atoms with E-state index in [1.54, 1.807) is 37.4 Å². The summed E-state index contributed by atoms with van der Waals surface area (Å²) >= 11 is 2.68. The van der Waals surface area contributed by atoms with Crippen LogP contribution in [0.2, 0.25) is 0 Å². The average Bonchev–Trinajstić information content (AvgIpc) is 3.39. The third kappa shape index (κ3) is 4.68. The highest BCUT2D eigenvalue weighted by molar-refractivity contribution is 7.20. The van der Waals surface area contributed by atoms with Gasteiger partial charge < -0.3 is 4.74 Å². The van der Waals surface area contributed by atoms with Gasteiger partial charge in [0.15, 0.2) is 10.3 Å². The summed E-state index contributed by atoms with van der Waals surface area (Å²) < 4.78 is 5.12. The highest BCUT2D eigenvalue weighted by Crippen LogP contribution is 2.34. The number of hydrogen-bond acceptors (Lipinski definition) is 7. The summed E-state index contributed by atoms with van der Waals surface area (Å²) in [4.78, 5) is 34.9. The lowest BCUT2D eigenvalue weighted by atomic mass is 10.1. The SMILES string of the molecule is COc1ccc(C(=O)Nc2nc(C)c(-c3csc(NC(=O)c4ccccc4C)n3)s2)cc1. The zero-order valence-electron chi connectivity index (χ0n) is 17.6. The molecule has 2 amide bonds. The molecule has 2 aromatic carbocycles. The van der Waals surface area contributed by atoms with E-state index in [1.807, 2.05) is 37.4 Å². The number of amides is 2. The molecular formula is C23H20N4O3S2. The van der Waals surface area contributed by atoms with E-state index in [0.717, 1.165) is 16.1 Å². The highest BCUT2D eigenvalue weighted by Gasteiger charge is 2.17. The van der Waals surface area contributed by atoms with Gasteiger partial charge in [0, 0.05) is 16.5 Å². The Bertz CT molecular complexity index is 1280. The van der Waals surface area contributed by atoms with Crippen molar-refractivity contribution in [2.24, 2.45) is 0 Å². The summed E-state index contributed by atoms with van der Waals surface area (Å²) in [6.07, 6.45) is 0. The fourth-order valence-electron chi connectivity index (χ4n) is 3.03. The normalized spacial score (nSPS) is 10.6. The molecule has 0 aliphatic rings. The summed E-state index contributed by atoms with van der Waals surface area (Å²) in [5, 5.41) is 8.53. The quantitative estimate of drug-likeness (QED) is 0.399. The van der Waals surface area contributed by atoms with Crippen LogP contribution in [0, 0.1) is 13.8 Å². The molecule has 0 bridgehead atoms. The van der Waals surface area contributed by atoms with Gasteiger partial charge in [-0.2, -0.15) is 0 Å². The molecule has 0 atom stereocenters. The summed E-state index contributed by atoms with van der Waals surface area (Å²) in [6.45, 7) is 3.75. The number of hydrogen-bond donors (Lipinski definition) is 2. The monoisotopic (exact) mass is 464 g/mol. The van der Waals surface area contributed by atoms with Crippen molar-refractivity contribution in [1.29, 1.82) is 0 Å². The Balaban J connectivity index is 1.47. The molecule has 0 fully saturated rings. The molecule has 0 saturated heterocycles. The van der Waals surface area contributed by atoms with E-state index >= 15 is 0 Å². The van der Waals surface area contributed by atoms with Crippen LogP contribution >= 0.6 is 22.7 Å².